The molecular weight excluding hydrogens is 1660 g/mol. The quantitative estimate of drug-likeness (QED) is 0.0170. The Morgan fingerprint density at radius 2 is 0.836 bits per heavy atom. The summed E-state index contributed by atoms with van der Waals surface area (Å²) >= 11 is 0. The van der Waals surface area contributed by atoms with Crippen molar-refractivity contribution in [2.24, 2.45) is 17.4 Å². The molecular formula is C72H203N7O14Si17. The molecule has 0 bridgehead atoms. The lowest BCUT2D eigenvalue weighted by Gasteiger charge is -2.41. The number of hydrogen-bond acceptors (Lipinski definition) is 21. The number of nitrogens with one attached hydrogen (secondary N) is 3. The largest absolute Gasteiger partial charge is 0.497 e. The molecule has 1 unspecified atom stereocenters. The zero-order valence-corrected chi connectivity index (χ0v) is 101. The second-order valence-corrected chi connectivity index (χ2v) is 106. The molecule has 1 atom stereocenters. The van der Waals surface area contributed by atoms with Gasteiger partial charge in [-0.2, -0.15) is 0 Å². The average molecular weight is 1870 g/mol. The average Bonchev–Trinajstić information content (AvgIpc) is 0.836. The summed E-state index contributed by atoms with van der Waals surface area (Å²) < 4.78 is 75.4. The van der Waals surface area contributed by atoms with Crippen LogP contribution >= 0.6 is 0 Å². The summed E-state index contributed by atoms with van der Waals surface area (Å²) in [6, 6.07) is 3.50. The highest BCUT2D eigenvalue weighted by molar-refractivity contribution is 6.88. The maximum absolute atomic E-state index is 9.14. The van der Waals surface area contributed by atoms with E-state index in [4.69, 9.17) is 72.0 Å². The molecule has 0 heterocycles. The topological polar surface area (TPSA) is 246 Å². The molecule has 0 rings (SSSR count). The Kier molecular flexibility index (Phi) is 79.0. The minimum absolute atomic E-state index is 0.174. The third-order valence-electron chi connectivity index (χ3n) is 14.2. The van der Waals surface area contributed by atoms with E-state index < -0.39 is 135 Å². The van der Waals surface area contributed by atoms with Gasteiger partial charge in [0.2, 0.25) is 0 Å². The molecule has 0 aliphatic carbocycles. The first-order valence-electron chi connectivity index (χ1n) is 41.8. The molecule has 0 radical (unpaired) electrons. The molecule has 0 saturated carbocycles. The molecule has 110 heavy (non-hydrogen) atoms. The molecule has 9 N–H and O–H groups in total. The molecule has 38 heteroatoms. The molecule has 0 aromatic rings. The van der Waals surface area contributed by atoms with Gasteiger partial charge in [0, 0.05) is 46.1 Å². The Morgan fingerprint density at radius 3 is 1.05 bits per heavy atom. The summed E-state index contributed by atoms with van der Waals surface area (Å²) in [4.78, 5) is 24.6. The summed E-state index contributed by atoms with van der Waals surface area (Å²) in [5.74, 6) is 0.512. The van der Waals surface area contributed by atoms with Gasteiger partial charge in [0.05, 0.1) is 9.68 Å². The van der Waals surface area contributed by atoms with E-state index in [1.807, 2.05) is 41.4 Å². The zero-order valence-electron chi connectivity index (χ0n) is 83.6. The smallest absolute Gasteiger partial charge is 0.456 e. The number of nitrogens with two attached hydrogens (primary N) is 2. The van der Waals surface area contributed by atoms with Gasteiger partial charge < -0.3 is 91.8 Å². The Balaban J connectivity index is -0.000000130. The Hall–Kier alpha value is 2.59. The summed E-state index contributed by atoms with van der Waals surface area (Å²) in [5.41, 5.74) is 12.2. The summed E-state index contributed by atoms with van der Waals surface area (Å²) in [7, 11) is -20.0. The van der Waals surface area contributed by atoms with Gasteiger partial charge in [-0.15, -0.1) is 0 Å². The normalized spacial score (nSPS) is 13.5. The molecule has 0 aromatic carbocycles. The first-order chi connectivity index (χ1) is 48.7. The molecule has 0 aromatic heterocycles. The van der Waals surface area contributed by atoms with E-state index in [2.05, 4.69) is 303 Å². The predicted octanol–water partition coefficient (Wildman–Crippen LogP) is 19.3. The van der Waals surface area contributed by atoms with E-state index >= 15 is 0 Å². The van der Waals surface area contributed by atoms with Crippen LogP contribution in [-0.4, -0.2) is 263 Å². The van der Waals surface area contributed by atoms with Crippen LogP contribution in [0.25, 0.3) is 0 Å². The molecule has 0 aliphatic heterocycles. The van der Waals surface area contributed by atoms with Crippen molar-refractivity contribution in [1.82, 2.24) is 24.4 Å². The van der Waals surface area contributed by atoms with Gasteiger partial charge in [0.1, 0.15) is 16.5 Å². The van der Waals surface area contributed by atoms with Crippen LogP contribution in [0.15, 0.2) is 12.2 Å². The maximum Gasteiger partial charge on any atom is 0.497 e. The standard InChI is InChI=1S/C16H38N2O2Si2.C10H29NO2Si3.C8H23NO2Si2.C8H22OSi2.C7H19NSi.C7H18O3Si.C6H18OSi2.C4H13NSi.C4H14O3Si2.C2H9NSi/c1-10-17-12-16(5)14-19-22(8,9)20-21(6,7)18(11-2)13-15(3)4;1-14(2,3)12-16(7,10-8-9-11)13-15(4,5)6;1-12(2,3)11-13(4,5)10-8-6-7-9;1-7-10(3,4)9-11(5,6)8-2;1-6-7-8(2)9(3,4)5;1-5-8-11(4,9-6-2)10-7-3;1-8(2,3)7-9(4,5)6;1-5-6(2,3)4;1-8(2,5)7-9(3,4)6;1-3-4-2/h16-17H,3,10-14H2,1-2,4-9H3;8-11H2,1-7H3;6-9H2,1-5H3;7-8H2,1-6H3;6-7H2,1-5H3;5-7H2,1-4H3;1-6H3;5H,1-4H3;5-6H,1-4H3;3H,4H2,1-2H3. The second kappa shape index (κ2) is 65.3. The second-order valence-electron chi connectivity index (χ2n) is 38.8. The molecule has 0 aliphatic rings. The number of likely N-dealkylation sites (N-methyl/N-ethyl adjacent to an activating group) is 1. The van der Waals surface area contributed by atoms with Crippen LogP contribution in [0.5, 0.6) is 0 Å². The molecule has 0 spiro atoms. The number of nitrogens with zero attached hydrogens (tertiary/aromatic N) is 2. The van der Waals surface area contributed by atoms with Crippen molar-refractivity contribution in [3.8, 4) is 0 Å². The fourth-order valence-electron chi connectivity index (χ4n) is 9.51. The lowest BCUT2D eigenvalue weighted by molar-refractivity contribution is 0.0782. The fourth-order valence-corrected chi connectivity index (χ4v) is 58.6. The van der Waals surface area contributed by atoms with Crippen LogP contribution in [0, 0.1) is 5.92 Å². The predicted molar refractivity (Wildman–Crippen MR) is 536 cm³/mol. The highest BCUT2D eigenvalue weighted by atomic mass is 28.5. The van der Waals surface area contributed by atoms with Crippen LogP contribution in [-0.2, 0) is 50.9 Å². The van der Waals surface area contributed by atoms with E-state index in [1.165, 1.54) is 30.6 Å². The van der Waals surface area contributed by atoms with Gasteiger partial charge in [-0.05, 0) is 328 Å². The van der Waals surface area contributed by atoms with Gasteiger partial charge in [0.25, 0.3) is 8.48 Å². The Bertz CT molecular complexity index is 2030. The minimum atomic E-state index is -2.48. The van der Waals surface area contributed by atoms with Gasteiger partial charge in [-0.3, -0.25) is 4.57 Å². The first kappa shape index (κ1) is 133. The first-order valence-corrected chi connectivity index (χ1v) is 93.1. The molecule has 21 nitrogen and oxygen atoms in total. The van der Waals surface area contributed by atoms with Gasteiger partial charge in [0.15, 0.2) is 58.2 Å². The van der Waals surface area contributed by atoms with E-state index in [-0.39, 0.29) is 9.68 Å². The monoisotopic (exact) mass is 1870 g/mol. The van der Waals surface area contributed by atoms with Crippen molar-refractivity contribution in [1.29, 1.82) is 0 Å². The lowest BCUT2D eigenvalue weighted by Crippen LogP contribution is -2.58. The van der Waals surface area contributed by atoms with Crippen molar-refractivity contribution in [2.75, 3.05) is 100.0 Å². The maximum atomic E-state index is 9.14. The van der Waals surface area contributed by atoms with Crippen LogP contribution in [0.4, 0.5) is 0 Å². The van der Waals surface area contributed by atoms with Gasteiger partial charge >= 0.3 is 51.6 Å². The number of hydrogen-bond donors (Lipinski definition) is 7. The summed E-state index contributed by atoms with van der Waals surface area (Å²) in [5, 5.41) is 3.37. The highest BCUT2D eigenvalue weighted by Gasteiger charge is 2.42. The van der Waals surface area contributed by atoms with E-state index in [0.29, 0.717) is 32.3 Å². The summed E-state index contributed by atoms with van der Waals surface area (Å²) in [6.07, 6.45) is 3.21. The van der Waals surface area contributed by atoms with Crippen LogP contribution in [0.1, 0.15) is 88.5 Å². The van der Waals surface area contributed by atoms with Gasteiger partial charge in [-0.25, -0.2) is 0 Å². The van der Waals surface area contributed by atoms with Crippen molar-refractivity contribution in [3.05, 3.63) is 12.2 Å². The Labute approximate surface area is 708 Å². The summed E-state index contributed by atoms with van der Waals surface area (Å²) in [6.45, 7) is 118. The van der Waals surface area contributed by atoms with Crippen molar-refractivity contribution < 1.29 is 60.5 Å². The lowest BCUT2D eigenvalue weighted by atomic mass is 10.2. The van der Waals surface area contributed by atoms with Crippen LogP contribution < -0.4 is 26.7 Å². The van der Waals surface area contributed by atoms with Gasteiger partial charge in [-0.1, -0.05) is 99.5 Å². The Morgan fingerprint density at radius 1 is 0.491 bits per heavy atom. The molecule has 678 valence electrons. The van der Waals surface area contributed by atoms with Crippen LogP contribution in [0.2, 0.25) is 267 Å². The van der Waals surface area contributed by atoms with E-state index in [1.54, 1.807) is 26.2 Å². The third-order valence-corrected chi connectivity index (χ3v) is 59.8. The highest BCUT2D eigenvalue weighted by Crippen LogP contribution is 2.26. The van der Waals surface area contributed by atoms with Crippen molar-refractivity contribution >= 4 is 144 Å². The molecule has 0 fully saturated rings. The molecule has 0 amide bonds. The SMILES string of the molecule is C=C(C)CN(CC)[Si](C)(C)O[Si](C)(C)OCC(C)CNCC.CCCN(C)[Si](C)(C)C.CCO[Si](C)(OCC)OCC.CC[Si](C)(C)O[Si](C)(C)CC.CN[SiH2]C.CN[Si](C)(C)C.C[Si](C)(C)O[Si](C)(C)C.C[Si](C)(C)O[Si](C)(C)OCCCN.C[Si](C)(C)O[Si](C)(CCCN)O[Si](C)(C)C.C[Si](C)(O)O[Si](C)(C)O. The fraction of sp³-hybridized carbons (Fsp3) is 0.972. The minimum Gasteiger partial charge on any atom is -0.456 e. The van der Waals surface area contributed by atoms with Crippen LogP contribution in [0.3, 0.4) is 0 Å². The molecule has 0 saturated heterocycles. The van der Waals surface area contributed by atoms with E-state index in [9.17, 15) is 0 Å². The zero-order chi connectivity index (χ0) is 90.4. The third kappa shape index (κ3) is 113. The number of rotatable bonds is 44. The van der Waals surface area contributed by atoms with Crippen molar-refractivity contribution in [3.63, 3.8) is 0 Å². The van der Waals surface area contributed by atoms with E-state index in [0.717, 1.165) is 64.8 Å². The van der Waals surface area contributed by atoms with Crippen molar-refractivity contribution in [2.45, 2.75) is 355 Å².